The molecular weight excluding hydrogens is 280 g/mol. The van der Waals surface area contributed by atoms with Crippen LogP contribution in [0.2, 0.25) is 0 Å². The Morgan fingerprint density at radius 1 is 1.40 bits per heavy atom. The summed E-state index contributed by atoms with van der Waals surface area (Å²) in [6.45, 7) is 1.79. The Hall–Kier alpha value is -0.680. The molecule has 0 saturated heterocycles. The van der Waals surface area contributed by atoms with Crippen LogP contribution in [0.25, 0.3) is 0 Å². The largest absolute Gasteiger partial charge is 0.294 e. The van der Waals surface area contributed by atoms with Gasteiger partial charge >= 0.3 is 0 Å². The van der Waals surface area contributed by atoms with Gasteiger partial charge in [0.1, 0.15) is 10.7 Å². The Morgan fingerprint density at radius 2 is 2.07 bits per heavy atom. The maximum Gasteiger partial charge on any atom is 0.163 e. The van der Waals surface area contributed by atoms with Crippen molar-refractivity contribution in [3.8, 4) is 0 Å². The van der Waals surface area contributed by atoms with E-state index in [9.17, 15) is 13.2 Å². The highest BCUT2D eigenvalue weighted by Gasteiger charge is 2.08. The quantitative estimate of drug-likeness (QED) is 0.683. The topological polar surface area (TPSA) is 51.2 Å². The second kappa shape index (κ2) is 5.42. The summed E-state index contributed by atoms with van der Waals surface area (Å²) in [6.07, 6.45) is 0.438. The molecule has 0 aromatic heterocycles. The van der Waals surface area contributed by atoms with Crippen molar-refractivity contribution in [3.63, 3.8) is 0 Å². The van der Waals surface area contributed by atoms with Gasteiger partial charge in [0.25, 0.3) is 0 Å². The van der Waals surface area contributed by atoms with Crippen LogP contribution in [-0.2, 0) is 16.5 Å². The van der Waals surface area contributed by atoms with Crippen LogP contribution in [0.5, 0.6) is 0 Å². The molecule has 15 heavy (non-hydrogen) atoms. The molecule has 0 aliphatic heterocycles. The number of carbonyl (C=O) groups excluding carboxylic acids is 1. The molecule has 0 fully saturated rings. The van der Waals surface area contributed by atoms with Gasteiger partial charge in [-0.05, 0) is 17.7 Å². The average molecular weight is 291 g/mol. The Bertz CT molecular complexity index is 444. The highest BCUT2D eigenvalue weighted by Crippen LogP contribution is 2.20. The van der Waals surface area contributed by atoms with E-state index in [1.165, 1.54) is 0 Å². The SMILES string of the molecule is CCC(=O)c1ccc(C[SH](=O)=O)cc1Br. The van der Waals surface area contributed by atoms with Crippen molar-refractivity contribution in [2.24, 2.45) is 0 Å². The minimum atomic E-state index is -2.42. The molecule has 0 N–H and O–H groups in total. The van der Waals surface area contributed by atoms with Gasteiger partial charge in [-0.2, -0.15) is 0 Å². The Balaban J connectivity index is 3.02. The summed E-state index contributed by atoms with van der Waals surface area (Å²) in [5.74, 6) is 0.0501. The number of rotatable bonds is 4. The van der Waals surface area contributed by atoms with Gasteiger partial charge in [-0.3, -0.25) is 4.79 Å². The van der Waals surface area contributed by atoms with Gasteiger partial charge in [0.15, 0.2) is 5.78 Å². The molecule has 0 radical (unpaired) electrons. The first-order valence-corrected chi connectivity index (χ1v) is 6.63. The zero-order valence-electron chi connectivity index (χ0n) is 8.20. The van der Waals surface area contributed by atoms with Crippen molar-refractivity contribution >= 4 is 32.4 Å². The van der Waals surface area contributed by atoms with Crippen LogP contribution in [-0.4, -0.2) is 14.2 Å². The van der Waals surface area contributed by atoms with Gasteiger partial charge in [-0.1, -0.05) is 28.9 Å². The molecule has 0 saturated carbocycles. The van der Waals surface area contributed by atoms with E-state index in [0.29, 0.717) is 22.0 Å². The molecule has 1 aromatic carbocycles. The van der Waals surface area contributed by atoms with Crippen molar-refractivity contribution in [2.45, 2.75) is 19.1 Å². The van der Waals surface area contributed by atoms with Crippen molar-refractivity contribution < 1.29 is 13.2 Å². The minimum absolute atomic E-state index is 0.00846. The fourth-order valence-corrected chi connectivity index (χ4v) is 2.36. The summed E-state index contributed by atoms with van der Waals surface area (Å²) >= 11 is 3.26. The monoisotopic (exact) mass is 290 g/mol. The van der Waals surface area contributed by atoms with E-state index >= 15 is 0 Å². The molecule has 0 aliphatic rings. The summed E-state index contributed by atoms with van der Waals surface area (Å²) in [6, 6.07) is 5.00. The number of carbonyl (C=O) groups is 1. The van der Waals surface area contributed by atoms with Gasteiger partial charge in [-0.15, -0.1) is 0 Å². The lowest BCUT2D eigenvalue weighted by Gasteiger charge is -2.03. The van der Waals surface area contributed by atoms with E-state index in [2.05, 4.69) is 15.9 Å². The lowest BCUT2D eigenvalue weighted by Crippen LogP contribution is -1.98. The van der Waals surface area contributed by atoms with Gasteiger partial charge in [0.2, 0.25) is 0 Å². The zero-order chi connectivity index (χ0) is 11.4. The molecule has 0 spiro atoms. The molecule has 3 nitrogen and oxygen atoms in total. The third kappa shape index (κ3) is 3.43. The van der Waals surface area contributed by atoms with Gasteiger partial charge < -0.3 is 0 Å². The Kier molecular flexibility index (Phi) is 4.47. The normalized spacial score (nSPS) is 10.6. The highest BCUT2D eigenvalue weighted by atomic mass is 79.9. The fraction of sp³-hybridized carbons (Fsp3) is 0.300. The second-order valence-electron chi connectivity index (χ2n) is 3.08. The van der Waals surface area contributed by atoms with Crippen molar-refractivity contribution in [3.05, 3.63) is 33.8 Å². The zero-order valence-corrected chi connectivity index (χ0v) is 10.7. The van der Waals surface area contributed by atoms with Gasteiger partial charge in [-0.25, -0.2) is 8.42 Å². The van der Waals surface area contributed by atoms with Crippen LogP contribution >= 0.6 is 15.9 Å². The van der Waals surface area contributed by atoms with E-state index in [0.717, 1.165) is 0 Å². The standard InChI is InChI=1S/C10H11BrO3S/c1-2-10(12)8-4-3-7(5-9(8)11)6-15(13)14/h3-5,15H,2,6H2,1H3. The predicted octanol–water partition coefficient (Wildman–Crippen LogP) is 2.15. The third-order valence-corrected chi connectivity index (χ3v) is 3.25. The molecule has 1 aromatic rings. The molecule has 0 unspecified atom stereocenters. The second-order valence-corrected chi connectivity index (χ2v) is 4.92. The van der Waals surface area contributed by atoms with Crippen LogP contribution in [0.4, 0.5) is 0 Å². The summed E-state index contributed by atoms with van der Waals surface area (Å²) in [4.78, 5) is 11.4. The van der Waals surface area contributed by atoms with Crippen LogP contribution in [0, 0.1) is 0 Å². The number of hydrogen-bond donors (Lipinski definition) is 1. The third-order valence-electron chi connectivity index (χ3n) is 1.97. The van der Waals surface area contributed by atoms with Gasteiger partial charge in [0, 0.05) is 16.5 Å². The van der Waals surface area contributed by atoms with E-state index in [4.69, 9.17) is 0 Å². The number of benzene rings is 1. The number of halogens is 1. The van der Waals surface area contributed by atoms with Crippen LogP contribution < -0.4 is 0 Å². The summed E-state index contributed by atoms with van der Waals surface area (Å²) in [5, 5.41) is 0. The number of Topliss-reactive ketones (excluding diaryl/α,β-unsaturated/α-hetero) is 1. The first kappa shape index (κ1) is 12.4. The molecule has 1 rings (SSSR count). The van der Waals surface area contributed by atoms with Crippen molar-refractivity contribution in [1.29, 1.82) is 0 Å². The number of hydrogen-bond acceptors (Lipinski definition) is 3. The van der Waals surface area contributed by atoms with Crippen LogP contribution in [0.1, 0.15) is 29.3 Å². The molecule has 82 valence electrons. The molecular formula is C10H11BrO3S. The maximum absolute atomic E-state index is 11.4. The van der Waals surface area contributed by atoms with E-state index in [1.807, 2.05) is 0 Å². The Labute approximate surface area is 98.6 Å². The van der Waals surface area contributed by atoms with Gasteiger partial charge in [0.05, 0.1) is 5.75 Å². The van der Waals surface area contributed by atoms with Crippen molar-refractivity contribution in [2.75, 3.05) is 0 Å². The lowest BCUT2D eigenvalue weighted by atomic mass is 10.1. The smallest absolute Gasteiger partial charge is 0.163 e. The van der Waals surface area contributed by atoms with Crippen LogP contribution in [0.3, 0.4) is 0 Å². The average Bonchev–Trinajstić information content (AvgIpc) is 2.16. The summed E-state index contributed by atoms with van der Waals surface area (Å²) in [5.41, 5.74) is 1.29. The maximum atomic E-state index is 11.4. The molecule has 0 bridgehead atoms. The Morgan fingerprint density at radius 3 is 2.53 bits per heavy atom. The first-order valence-electron chi connectivity index (χ1n) is 4.48. The lowest BCUT2D eigenvalue weighted by molar-refractivity contribution is 0.0987. The predicted molar refractivity (Wildman–Crippen MR) is 62.8 cm³/mol. The summed E-state index contributed by atoms with van der Waals surface area (Å²) < 4.78 is 21.7. The first-order chi connectivity index (χ1) is 7.04. The molecule has 5 heteroatoms. The van der Waals surface area contributed by atoms with E-state index in [1.54, 1.807) is 25.1 Å². The van der Waals surface area contributed by atoms with E-state index in [-0.39, 0.29) is 11.5 Å². The highest BCUT2D eigenvalue weighted by molar-refractivity contribution is 9.10. The van der Waals surface area contributed by atoms with Crippen molar-refractivity contribution in [1.82, 2.24) is 0 Å². The molecule has 0 amide bonds. The molecule has 0 atom stereocenters. The summed E-state index contributed by atoms with van der Waals surface area (Å²) in [7, 11) is -2.42. The number of ketones is 1. The minimum Gasteiger partial charge on any atom is -0.294 e. The van der Waals surface area contributed by atoms with Crippen LogP contribution in [0.15, 0.2) is 22.7 Å². The fourth-order valence-electron chi connectivity index (χ4n) is 1.22. The number of thiol groups is 1. The molecule has 0 heterocycles. The van der Waals surface area contributed by atoms with E-state index < -0.39 is 10.7 Å². The molecule has 0 aliphatic carbocycles.